The van der Waals surface area contributed by atoms with Crippen molar-refractivity contribution >= 4 is 68.0 Å². The molecule has 0 spiro atoms. The number of amides is 4. The summed E-state index contributed by atoms with van der Waals surface area (Å²) in [4.78, 5) is 77.9. The van der Waals surface area contributed by atoms with E-state index in [0.29, 0.717) is 41.8 Å². The number of rotatable bonds is 14. The number of fused-ring (bicyclic) bond motifs is 3. The van der Waals surface area contributed by atoms with E-state index in [1.807, 2.05) is 12.1 Å². The highest BCUT2D eigenvalue weighted by Crippen LogP contribution is 2.42. The minimum atomic E-state index is -1.08. The number of hydrogen-bond donors (Lipinski definition) is 3. The molecule has 0 aliphatic carbocycles. The summed E-state index contributed by atoms with van der Waals surface area (Å²) < 4.78 is 32.4. The van der Waals surface area contributed by atoms with E-state index in [1.54, 1.807) is 42.3 Å². The van der Waals surface area contributed by atoms with Crippen LogP contribution in [0.15, 0.2) is 73.4 Å². The average Bonchev–Trinajstić information content (AvgIpc) is 3.86. The SMILES string of the molecule is C=CCOC(=O)N1c2cc(OCc3cccc(CC(=O)Nc4cn(C)c(C(=O)Nc5nc6cc(C(=O)O)ccc6s5)n4)c3)c(OC)cc2C(=O)N2CCCC[C@H]2C1OC1CCCCO1. The van der Waals surface area contributed by atoms with Gasteiger partial charge in [-0.25, -0.2) is 24.5 Å². The molecule has 2 saturated heterocycles. The number of carboxylic acids is 1. The van der Waals surface area contributed by atoms with E-state index >= 15 is 0 Å². The summed E-state index contributed by atoms with van der Waals surface area (Å²) >= 11 is 1.19. The van der Waals surface area contributed by atoms with Crippen LogP contribution in [0.25, 0.3) is 10.2 Å². The van der Waals surface area contributed by atoms with Gasteiger partial charge in [-0.15, -0.1) is 0 Å². The van der Waals surface area contributed by atoms with Crippen molar-refractivity contribution in [3.8, 4) is 11.5 Å². The number of carboxylic acid groups (broad SMARTS) is 1. The number of carbonyl (C=O) groups is 5. The Balaban J connectivity index is 0.968. The number of piperidine rings is 1. The van der Waals surface area contributed by atoms with Crippen molar-refractivity contribution in [2.24, 2.45) is 7.05 Å². The van der Waals surface area contributed by atoms with Crippen molar-refractivity contribution in [3.05, 3.63) is 102 Å². The Morgan fingerprint density at radius 2 is 1.83 bits per heavy atom. The minimum Gasteiger partial charge on any atom is -0.493 e. The highest BCUT2D eigenvalue weighted by atomic mass is 32.1. The van der Waals surface area contributed by atoms with Crippen LogP contribution in [-0.2, 0) is 39.1 Å². The molecule has 3 aromatic carbocycles. The maximum atomic E-state index is 14.3. The molecular weight excluding hydrogens is 847 g/mol. The molecule has 5 heterocycles. The fraction of sp³-hybridized carbons (Fsp3) is 0.356. The number of anilines is 3. The summed E-state index contributed by atoms with van der Waals surface area (Å²) in [6.45, 7) is 4.70. The summed E-state index contributed by atoms with van der Waals surface area (Å²) in [7, 11) is 3.09. The predicted molar refractivity (Wildman–Crippen MR) is 235 cm³/mol. The highest BCUT2D eigenvalue weighted by Gasteiger charge is 2.47. The molecule has 2 aromatic heterocycles. The lowest BCUT2D eigenvalue weighted by atomic mass is 10.00. The van der Waals surface area contributed by atoms with Crippen LogP contribution in [0.3, 0.4) is 0 Å². The average molecular weight is 894 g/mol. The maximum absolute atomic E-state index is 14.3. The third kappa shape index (κ3) is 9.55. The van der Waals surface area contributed by atoms with Crippen LogP contribution >= 0.6 is 11.3 Å². The Morgan fingerprint density at radius 3 is 2.61 bits per heavy atom. The van der Waals surface area contributed by atoms with Crippen molar-refractivity contribution < 1.29 is 52.8 Å². The molecule has 334 valence electrons. The number of aromatic nitrogens is 3. The van der Waals surface area contributed by atoms with E-state index < -0.39 is 36.5 Å². The second kappa shape index (κ2) is 19.3. The quantitative estimate of drug-likeness (QED) is 0.0985. The first-order valence-electron chi connectivity index (χ1n) is 20.9. The topological polar surface area (TPSA) is 213 Å². The summed E-state index contributed by atoms with van der Waals surface area (Å²) in [6, 6.07) is 14.5. The normalized spacial score (nSPS) is 18.3. The third-order valence-corrected chi connectivity index (χ3v) is 12.0. The first-order valence-corrected chi connectivity index (χ1v) is 21.7. The van der Waals surface area contributed by atoms with E-state index in [4.69, 9.17) is 23.7 Å². The van der Waals surface area contributed by atoms with Gasteiger partial charge in [0.1, 0.15) is 13.2 Å². The number of aryl methyl sites for hydroxylation is 1. The first-order chi connectivity index (χ1) is 31.0. The van der Waals surface area contributed by atoms with Crippen LogP contribution in [0.2, 0.25) is 0 Å². The molecule has 2 unspecified atom stereocenters. The lowest BCUT2D eigenvalue weighted by Gasteiger charge is -2.42. The smallest absolute Gasteiger partial charge is 0.416 e. The predicted octanol–water partition coefficient (Wildman–Crippen LogP) is 6.76. The monoisotopic (exact) mass is 893 g/mol. The molecule has 64 heavy (non-hydrogen) atoms. The molecule has 0 saturated carbocycles. The zero-order chi connectivity index (χ0) is 44.9. The van der Waals surface area contributed by atoms with Gasteiger partial charge >= 0.3 is 12.1 Å². The lowest BCUT2D eigenvalue weighted by molar-refractivity contribution is -0.198. The Hall–Kier alpha value is -6.83. The zero-order valence-electron chi connectivity index (χ0n) is 35.2. The molecule has 3 atom stereocenters. The van der Waals surface area contributed by atoms with Gasteiger partial charge in [0.25, 0.3) is 11.8 Å². The molecule has 8 rings (SSSR count). The van der Waals surface area contributed by atoms with Gasteiger partial charge in [-0.2, -0.15) is 0 Å². The van der Waals surface area contributed by atoms with Gasteiger partial charge in [-0.1, -0.05) is 48.3 Å². The van der Waals surface area contributed by atoms with Crippen LogP contribution in [0.5, 0.6) is 11.5 Å². The third-order valence-electron chi connectivity index (χ3n) is 11.1. The molecule has 3 N–H and O–H groups in total. The fourth-order valence-corrected chi connectivity index (χ4v) is 8.90. The van der Waals surface area contributed by atoms with Gasteiger partial charge < -0.3 is 43.6 Å². The van der Waals surface area contributed by atoms with Gasteiger partial charge in [0.2, 0.25) is 11.7 Å². The van der Waals surface area contributed by atoms with Gasteiger partial charge in [-0.3, -0.25) is 19.7 Å². The Kier molecular flexibility index (Phi) is 13.2. The Morgan fingerprint density at radius 1 is 1.00 bits per heavy atom. The van der Waals surface area contributed by atoms with Crippen molar-refractivity contribution in [1.82, 2.24) is 19.4 Å². The standard InChI is InChI=1S/C45H47N7O11S/c1-4-17-61-45(58)52-32-23-34(33(59-3)22-29(32)41(55)51-16-7-5-12-31(51)42(52)63-38-13-6-8-18-60-38)62-25-27-11-9-10-26(19-27)20-37(53)47-36-24-50(2)39(48-36)40(54)49-44-46-30-21-28(43(56)57)14-15-35(30)64-44/h4,9-11,14-15,19,21-24,31,38,42H,1,5-8,12-13,16-18,20,25H2,2-3H3,(H,47,53)(H,56,57)(H,46,49,54)/t31-,38?,42?/m0/s1. The van der Waals surface area contributed by atoms with Crippen molar-refractivity contribution in [2.75, 3.05) is 42.4 Å². The number of benzene rings is 3. The summed E-state index contributed by atoms with van der Waals surface area (Å²) in [5.41, 5.74) is 2.40. The largest absolute Gasteiger partial charge is 0.493 e. The van der Waals surface area contributed by atoms with Gasteiger partial charge in [0, 0.05) is 32.5 Å². The highest BCUT2D eigenvalue weighted by molar-refractivity contribution is 7.22. The molecule has 3 aliphatic rings. The molecule has 5 aromatic rings. The van der Waals surface area contributed by atoms with Crippen molar-refractivity contribution in [3.63, 3.8) is 0 Å². The lowest BCUT2D eigenvalue weighted by Crippen LogP contribution is -2.57. The number of ether oxygens (including phenoxy) is 5. The Labute approximate surface area is 371 Å². The fourth-order valence-electron chi connectivity index (χ4n) is 8.06. The zero-order valence-corrected chi connectivity index (χ0v) is 36.1. The second-order valence-electron chi connectivity index (χ2n) is 15.5. The number of carbonyl (C=O) groups excluding carboxylic acids is 4. The maximum Gasteiger partial charge on any atom is 0.416 e. The van der Waals surface area contributed by atoms with Crippen LogP contribution in [-0.4, -0.2) is 99.8 Å². The van der Waals surface area contributed by atoms with E-state index in [-0.39, 0.29) is 76.5 Å². The van der Waals surface area contributed by atoms with Crippen LogP contribution in [0.1, 0.15) is 81.0 Å². The summed E-state index contributed by atoms with van der Waals surface area (Å²) in [5.74, 6) is -1.56. The number of aromatic carboxylic acids is 1. The first kappa shape index (κ1) is 43.8. The summed E-state index contributed by atoms with van der Waals surface area (Å²) in [6.07, 6.45) is 5.51. The van der Waals surface area contributed by atoms with Crippen LogP contribution < -0.4 is 25.0 Å². The molecule has 18 nitrogen and oxygen atoms in total. The van der Waals surface area contributed by atoms with Crippen molar-refractivity contribution in [2.45, 2.75) is 70.1 Å². The molecule has 0 bridgehead atoms. The number of nitrogens with zero attached hydrogens (tertiary/aromatic N) is 5. The molecule has 0 radical (unpaired) electrons. The number of thiazole rings is 1. The Bertz CT molecular complexity index is 2600. The number of hydrogen-bond acceptors (Lipinski definition) is 13. The number of imidazole rings is 1. The van der Waals surface area contributed by atoms with Gasteiger partial charge in [0.05, 0.1) is 46.6 Å². The number of nitrogens with one attached hydrogen (secondary N) is 2. The molecule has 19 heteroatoms. The minimum absolute atomic E-state index is 0.0199. The summed E-state index contributed by atoms with van der Waals surface area (Å²) in [5, 5.41) is 15.0. The number of methoxy groups -OCH3 is 1. The van der Waals surface area contributed by atoms with Crippen LogP contribution in [0, 0.1) is 0 Å². The van der Waals surface area contributed by atoms with E-state index in [1.165, 1.54) is 52.3 Å². The van der Waals surface area contributed by atoms with Crippen LogP contribution in [0.4, 0.5) is 21.4 Å². The van der Waals surface area contributed by atoms with E-state index in [2.05, 4.69) is 27.2 Å². The van der Waals surface area contributed by atoms with Gasteiger partial charge in [-0.05, 0) is 73.9 Å². The molecule has 4 amide bonds. The van der Waals surface area contributed by atoms with Gasteiger partial charge in [0.15, 0.2) is 35.0 Å². The van der Waals surface area contributed by atoms with E-state index in [9.17, 15) is 29.1 Å². The second-order valence-corrected chi connectivity index (χ2v) is 16.5. The molecular formula is C45H47N7O11S. The molecule has 3 aliphatic heterocycles. The van der Waals surface area contributed by atoms with E-state index in [0.717, 1.165) is 31.2 Å². The van der Waals surface area contributed by atoms with Crippen molar-refractivity contribution in [1.29, 1.82) is 0 Å². The molecule has 2 fully saturated rings.